The molecule has 0 saturated carbocycles. The number of nitrogens with one attached hydrogen (secondary N) is 3. The Kier molecular flexibility index (Phi) is 5.72. The molecule has 7 N–H and O–H groups in total. The van der Waals surface area contributed by atoms with Crippen LogP contribution < -0.4 is 11.5 Å². The lowest BCUT2D eigenvalue weighted by molar-refractivity contribution is -0.144. The Hall–Kier alpha value is -4.39. The molecule has 160 valence electrons. The van der Waals surface area contributed by atoms with E-state index in [1.54, 1.807) is 24.3 Å². The monoisotopic (exact) mass is 425 g/mol. The zero-order chi connectivity index (χ0) is 22.7. The van der Waals surface area contributed by atoms with Gasteiger partial charge in [0.1, 0.15) is 18.3 Å². The molecule has 0 bridgehead atoms. The maximum absolute atomic E-state index is 12.7. The Balaban J connectivity index is 1.69. The van der Waals surface area contributed by atoms with Crippen LogP contribution in [0.2, 0.25) is 0 Å². The lowest BCUT2D eigenvalue weighted by atomic mass is 10.0. The summed E-state index contributed by atoms with van der Waals surface area (Å²) >= 11 is 0. The van der Waals surface area contributed by atoms with E-state index in [9.17, 15) is 4.79 Å². The van der Waals surface area contributed by atoms with E-state index in [-0.39, 0.29) is 30.7 Å². The minimum absolute atomic E-state index is 0.0102. The number of amidine groups is 2. The van der Waals surface area contributed by atoms with Crippen LogP contribution in [0.25, 0.3) is 22.2 Å². The molecule has 0 spiro atoms. The number of esters is 1. The summed E-state index contributed by atoms with van der Waals surface area (Å²) in [5.74, 6) is -0.381. The average Bonchev–Trinajstić information content (AvgIpc) is 3.16. The number of benzene rings is 3. The van der Waals surface area contributed by atoms with Gasteiger partial charge in [-0.1, -0.05) is 66.7 Å². The lowest BCUT2D eigenvalue weighted by Crippen LogP contribution is -2.11. The van der Waals surface area contributed by atoms with Gasteiger partial charge in [-0.05, 0) is 22.8 Å². The Morgan fingerprint density at radius 1 is 0.875 bits per heavy atom. The summed E-state index contributed by atoms with van der Waals surface area (Å²) in [6.07, 6.45) is 0.0794. The van der Waals surface area contributed by atoms with Crippen molar-refractivity contribution in [2.45, 2.75) is 13.0 Å². The maximum atomic E-state index is 12.7. The summed E-state index contributed by atoms with van der Waals surface area (Å²) in [7, 11) is 0. The quantitative estimate of drug-likeness (QED) is 0.175. The van der Waals surface area contributed by atoms with Gasteiger partial charge in [-0.25, -0.2) is 0 Å². The van der Waals surface area contributed by atoms with Crippen LogP contribution in [0.5, 0.6) is 0 Å². The van der Waals surface area contributed by atoms with E-state index in [1.807, 2.05) is 48.5 Å². The summed E-state index contributed by atoms with van der Waals surface area (Å²) < 4.78 is 5.50. The van der Waals surface area contributed by atoms with E-state index in [0.29, 0.717) is 11.1 Å². The highest BCUT2D eigenvalue weighted by Crippen LogP contribution is 2.32. The Morgan fingerprint density at radius 3 is 2.19 bits per heavy atom. The van der Waals surface area contributed by atoms with Crippen LogP contribution in [0.4, 0.5) is 0 Å². The van der Waals surface area contributed by atoms with Crippen LogP contribution in [0.15, 0.2) is 72.8 Å². The predicted molar refractivity (Wildman–Crippen MR) is 126 cm³/mol. The third-order valence-electron chi connectivity index (χ3n) is 5.27. The van der Waals surface area contributed by atoms with Crippen molar-refractivity contribution in [3.8, 4) is 11.3 Å². The SMILES string of the molecule is N=C(N)c1ccc(-c2[nH]c3cc(C(=N)N)ccc3c2CC(=O)OCc2ccccc2)cc1. The highest BCUT2D eigenvalue weighted by Gasteiger charge is 2.18. The summed E-state index contributed by atoms with van der Waals surface area (Å²) in [5.41, 5.74) is 16.5. The van der Waals surface area contributed by atoms with Crippen molar-refractivity contribution >= 4 is 28.5 Å². The third kappa shape index (κ3) is 4.37. The fourth-order valence-electron chi connectivity index (χ4n) is 3.60. The van der Waals surface area contributed by atoms with Crippen molar-refractivity contribution in [2.75, 3.05) is 0 Å². The normalized spacial score (nSPS) is 10.8. The molecule has 4 rings (SSSR count). The molecule has 0 aliphatic rings. The molecule has 0 atom stereocenters. The fourth-order valence-corrected chi connectivity index (χ4v) is 3.60. The largest absolute Gasteiger partial charge is 0.461 e. The number of ether oxygens (including phenoxy) is 1. The fraction of sp³-hybridized carbons (Fsp3) is 0.0800. The highest BCUT2D eigenvalue weighted by molar-refractivity contribution is 6.01. The molecule has 0 saturated heterocycles. The number of aromatic amines is 1. The summed E-state index contributed by atoms with van der Waals surface area (Å²) in [6.45, 7) is 0.207. The van der Waals surface area contributed by atoms with Crippen LogP contribution in [0.1, 0.15) is 22.3 Å². The average molecular weight is 425 g/mol. The number of nitrogens with two attached hydrogens (primary N) is 2. The van der Waals surface area contributed by atoms with Crippen molar-refractivity contribution < 1.29 is 9.53 Å². The maximum Gasteiger partial charge on any atom is 0.310 e. The number of hydrogen-bond acceptors (Lipinski definition) is 4. The number of carbonyl (C=O) groups excluding carboxylic acids is 1. The lowest BCUT2D eigenvalue weighted by Gasteiger charge is -2.08. The number of fused-ring (bicyclic) bond motifs is 1. The van der Waals surface area contributed by atoms with Gasteiger partial charge < -0.3 is 21.2 Å². The van der Waals surface area contributed by atoms with E-state index in [0.717, 1.165) is 33.3 Å². The third-order valence-corrected chi connectivity index (χ3v) is 5.27. The van der Waals surface area contributed by atoms with Crippen molar-refractivity contribution in [1.82, 2.24) is 4.98 Å². The number of carbonyl (C=O) groups is 1. The van der Waals surface area contributed by atoms with Gasteiger partial charge in [-0.3, -0.25) is 15.6 Å². The summed E-state index contributed by atoms with van der Waals surface area (Å²) in [4.78, 5) is 16.1. The summed E-state index contributed by atoms with van der Waals surface area (Å²) in [6, 6.07) is 22.2. The topological polar surface area (TPSA) is 142 Å². The van der Waals surface area contributed by atoms with Crippen LogP contribution in [0.3, 0.4) is 0 Å². The van der Waals surface area contributed by atoms with E-state index in [4.69, 9.17) is 27.0 Å². The van der Waals surface area contributed by atoms with Crippen LogP contribution >= 0.6 is 0 Å². The highest BCUT2D eigenvalue weighted by atomic mass is 16.5. The van der Waals surface area contributed by atoms with E-state index in [2.05, 4.69) is 4.98 Å². The molecule has 0 fully saturated rings. The molecule has 1 heterocycles. The molecule has 0 unspecified atom stereocenters. The van der Waals surface area contributed by atoms with Crippen molar-refractivity contribution in [3.63, 3.8) is 0 Å². The second kappa shape index (κ2) is 8.77. The minimum Gasteiger partial charge on any atom is -0.461 e. The van der Waals surface area contributed by atoms with E-state index < -0.39 is 0 Å². The first-order chi connectivity index (χ1) is 15.4. The van der Waals surface area contributed by atoms with Crippen molar-refractivity contribution in [1.29, 1.82) is 10.8 Å². The minimum atomic E-state index is -0.341. The van der Waals surface area contributed by atoms with E-state index in [1.165, 1.54) is 0 Å². The molecule has 7 nitrogen and oxygen atoms in total. The van der Waals surface area contributed by atoms with Crippen LogP contribution in [-0.2, 0) is 22.6 Å². The zero-order valence-corrected chi connectivity index (χ0v) is 17.3. The molecular weight excluding hydrogens is 402 g/mol. The molecule has 32 heavy (non-hydrogen) atoms. The summed E-state index contributed by atoms with van der Waals surface area (Å²) in [5, 5.41) is 16.2. The van der Waals surface area contributed by atoms with Crippen LogP contribution in [0, 0.1) is 10.8 Å². The Morgan fingerprint density at radius 2 is 1.53 bits per heavy atom. The first kappa shape index (κ1) is 20.9. The van der Waals surface area contributed by atoms with Gasteiger partial charge in [0.25, 0.3) is 0 Å². The number of rotatable bonds is 7. The Bertz CT molecular complexity index is 1310. The van der Waals surface area contributed by atoms with Gasteiger partial charge in [0, 0.05) is 22.0 Å². The van der Waals surface area contributed by atoms with Crippen LogP contribution in [-0.4, -0.2) is 22.6 Å². The molecule has 3 aromatic carbocycles. The molecule has 1 aromatic heterocycles. The van der Waals surface area contributed by atoms with Gasteiger partial charge in [0.05, 0.1) is 12.1 Å². The second-order valence-electron chi connectivity index (χ2n) is 7.47. The first-order valence-corrected chi connectivity index (χ1v) is 10.1. The van der Waals surface area contributed by atoms with Gasteiger partial charge >= 0.3 is 5.97 Å². The van der Waals surface area contributed by atoms with Gasteiger partial charge in [-0.2, -0.15) is 0 Å². The number of nitrogen functional groups attached to an aromatic ring is 2. The van der Waals surface area contributed by atoms with Gasteiger partial charge in [0.15, 0.2) is 0 Å². The van der Waals surface area contributed by atoms with E-state index >= 15 is 0 Å². The standard InChI is InChI=1S/C25H23N5O2/c26-24(27)17-8-6-16(7-9-17)23-20(13-22(31)32-14-15-4-2-1-3-5-15)19-11-10-18(25(28)29)12-21(19)30-23/h1-12,30H,13-14H2,(H3,26,27)(H3,28,29). The molecule has 0 amide bonds. The second-order valence-corrected chi connectivity index (χ2v) is 7.47. The molecule has 7 heteroatoms. The number of hydrogen-bond donors (Lipinski definition) is 5. The van der Waals surface area contributed by atoms with Gasteiger partial charge in [-0.15, -0.1) is 0 Å². The number of aromatic nitrogens is 1. The smallest absolute Gasteiger partial charge is 0.310 e. The molecular formula is C25H23N5O2. The predicted octanol–water partition coefficient (Wildman–Crippen LogP) is 3.69. The molecule has 4 aromatic rings. The molecule has 0 aliphatic carbocycles. The van der Waals surface area contributed by atoms with Gasteiger partial charge in [0.2, 0.25) is 0 Å². The number of H-pyrrole nitrogens is 1. The Labute approximate surface area is 185 Å². The molecule has 0 aliphatic heterocycles. The van der Waals surface area contributed by atoms with Crippen molar-refractivity contribution in [2.24, 2.45) is 11.5 Å². The first-order valence-electron chi connectivity index (χ1n) is 10.1. The molecule has 0 radical (unpaired) electrons. The van der Waals surface area contributed by atoms with Crippen molar-refractivity contribution in [3.05, 3.63) is 95.1 Å². The zero-order valence-electron chi connectivity index (χ0n) is 17.3.